The molecule has 0 spiro atoms. The zero-order valence-corrected chi connectivity index (χ0v) is 21.9. The van der Waals surface area contributed by atoms with Crippen molar-refractivity contribution in [3.05, 3.63) is 59.7 Å². The first-order chi connectivity index (χ1) is 15.2. The first-order valence-electron chi connectivity index (χ1n) is 10.7. The van der Waals surface area contributed by atoms with Gasteiger partial charge in [-0.3, -0.25) is 4.79 Å². The predicted molar refractivity (Wildman–Crippen MR) is 138 cm³/mol. The first-order valence-corrected chi connectivity index (χ1v) is 13.0. The van der Waals surface area contributed by atoms with E-state index in [0.717, 1.165) is 22.2 Å². The summed E-state index contributed by atoms with van der Waals surface area (Å²) in [7, 11) is -3.03. The lowest BCUT2D eigenvalue weighted by Crippen LogP contribution is -2.32. The van der Waals surface area contributed by atoms with Crippen LogP contribution in [0.5, 0.6) is 0 Å². The van der Waals surface area contributed by atoms with E-state index in [1.54, 1.807) is 32.0 Å². The Morgan fingerprint density at radius 3 is 2.03 bits per heavy atom. The van der Waals surface area contributed by atoms with Gasteiger partial charge in [0.2, 0.25) is 5.91 Å². The number of benzene rings is 2. The van der Waals surface area contributed by atoms with Crippen molar-refractivity contribution in [2.24, 2.45) is 5.41 Å². The number of rotatable bonds is 5. The van der Waals surface area contributed by atoms with Gasteiger partial charge in [0, 0.05) is 18.0 Å². The van der Waals surface area contributed by atoms with Gasteiger partial charge in [-0.25, -0.2) is 12.8 Å². The number of alkyl halides is 1. The molecule has 1 amide bonds. The summed E-state index contributed by atoms with van der Waals surface area (Å²) in [4.78, 5) is 12.9. The van der Waals surface area contributed by atoms with Crippen LogP contribution < -0.4 is 10.6 Å². The number of nitrogens with one attached hydrogen (secondary N) is 2. The third-order valence-corrected chi connectivity index (χ3v) is 5.89. The van der Waals surface area contributed by atoms with Gasteiger partial charge in [-0.2, -0.15) is 0 Å². The van der Waals surface area contributed by atoms with Crippen LogP contribution in [0.25, 0.3) is 0 Å². The lowest BCUT2D eigenvalue weighted by atomic mass is 9.94. The minimum Gasteiger partial charge on any atom is -0.377 e. The first kappa shape index (κ1) is 28.7. The average molecular weight is 495 g/mol. The zero-order chi connectivity index (χ0) is 25.2. The molecule has 33 heavy (non-hydrogen) atoms. The summed E-state index contributed by atoms with van der Waals surface area (Å²) in [6, 6.07) is 15.0. The number of carbonyl (C=O) groups excluding carboxylic acids is 1. The second-order valence-electron chi connectivity index (χ2n) is 8.90. The summed E-state index contributed by atoms with van der Waals surface area (Å²) in [6.45, 7) is 8.26. The van der Waals surface area contributed by atoms with E-state index in [2.05, 4.69) is 10.6 Å². The topological polar surface area (TPSA) is 75.3 Å². The van der Waals surface area contributed by atoms with Crippen LogP contribution in [0, 0.1) is 19.3 Å². The van der Waals surface area contributed by atoms with E-state index in [1.807, 2.05) is 51.1 Å². The quantitative estimate of drug-likeness (QED) is 0.544. The fourth-order valence-electron chi connectivity index (χ4n) is 2.36. The van der Waals surface area contributed by atoms with E-state index in [-0.39, 0.29) is 5.91 Å². The van der Waals surface area contributed by atoms with Crippen molar-refractivity contribution in [3.8, 4) is 0 Å². The Balaban J connectivity index is 0.000000264. The molecule has 1 aliphatic carbocycles. The standard InChI is InChI=1S/C12H16FNO.C8H10O2S.C5H9NS/c1-9-4-6-10(7-5-9)14-11(15)12(2,3)8-13;1-7-4-3-5-8(6-7)11(2,9)10;1-4(7)6-5-2-3-5/h4-7H,8H2,1-3H3,(H,14,15);3-6H,1-2H3;5H,2-3H2,1H3,(H,6,7). The number of anilines is 1. The summed E-state index contributed by atoms with van der Waals surface area (Å²) >= 11 is 4.80. The zero-order valence-electron chi connectivity index (χ0n) is 20.2. The highest BCUT2D eigenvalue weighted by molar-refractivity contribution is 7.90. The normalized spacial score (nSPS) is 12.9. The molecular formula is C25H35FN2O3S2. The number of hydrogen-bond donors (Lipinski definition) is 2. The highest BCUT2D eigenvalue weighted by Crippen LogP contribution is 2.19. The van der Waals surface area contributed by atoms with Crippen LogP contribution in [0.4, 0.5) is 10.1 Å². The predicted octanol–water partition coefficient (Wildman–Crippen LogP) is 5.41. The van der Waals surface area contributed by atoms with Crippen molar-refractivity contribution in [2.45, 2.75) is 58.4 Å². The molecular weight excluding hydrogens is 459 g/mol. The molecule has 2 aromatic carbocycles. The molecule has 5 nitrogen and oxygen atoms in total. The second-order valence-corrected chi connectivity index (χ2v) is 11.5. The number of aryl methyl sites for hydroxylation is 2. The molecule has 3 rings (SSSR count). The van der Waals surface area contributed by atoms with Gasteiger partial charge in [0.25, 0.3) is 0 Å². The highest BCUT2D eigenvalue weighted by Gasteiger charge is 2.27. The molecule has 182 valence electrons. The Morgan fingerprint density at radius 1 is 1.09 bits per heavy atom. The molecule has 0 atom stereocenters. The summed E-state index contributed by atoms with van der Waals surface area (Å²) in [5.74, 6) is -0.297. The molecule has 0 unspecified atom stereocenters. The van der Waals surface area contributed by atoms with Crippen LogP contribution in [-0.4, -0.2) is 38.3 Å². The van der Waals surface area contributed by atoms with Crippen LogP contribution in [0.2, 0.25) is 0 Å². The minimum atomic E-state index is -3.03. The smallest absolute Gasteiger partial charge is 0.232 e. The Hall–Kier alpha value is -2.32. The van der Waals surface area contributed by atoms with Gasteiger partial charge in [-0.05, 0) is 77.3 Å². The molecule has 1 saturated carbocycles. The number of hydrogen-bond acceptors (Lipinski definition) is 4. The third kappa shape index (κ3) is 11.9. The van der Waals surface area contributed by atoms with Crippen molar-refractivity contribution < 1.29 is 17.6 Å². The Morgan fingerprint density at radius 2 is 1.67 bits per heavy atom. The Labute approximate surface area is 203 Å². The van der Waals surface area contributed by atoms with Gasteiger partial charge < -0.3 is 10.6 Å². The molecule has 0 radical (unpaired) electrons. The van der Waals surface area contributed by atoms with Crippen molar-refractivity contribution in [3.63, 3.8) is 0 Å². The Kier molecular flexibility index (Phi) is 11.1. The number of amides is 1. The van der Waals surface area contributed by atoms with Crippen molar-refractivity contribution in [2.75, 3.05) is 18.2 Å². The van der Waals surface area contributed by atoms with Crippen molar-refractivity contribution in [1.82, 2.24) is 5.32 Å². The highest BCUT2D eigenvalue weighted by atomic mass is 32.2. The minimum absolute atomic E-state index is 0.297. The van der Waals surface area contributed by atoms with E-state index in [4.69, 9.17) is 12.2 Å². The molecule has 2 aromatic rings. The van der Waals surface area contributed by atoms with Crippen molar-refractivity contribution >= 4 is 38.6 Å². The molecule has 2 N–H and O–H groups in total. The SMILES string of the molecule is CC(=S)NC1CC1.Cc1ccc(NC(=O)C(C)(C)CF)cc1.Cc1cccc(S(C)(=O)=O)c1. The van der Waals surface area contributed by atoms with Gasteiger partial charge in [0.15, 0.2) is 9.84 Å². The Bertz CT molecular complexity index is 1030. The van der Waals surface area contributed by atoms with E-state index < -0.39 is 21.9 Å². The van der Waals surface area contributed by atoms with E-state index in [1.165, 1.54) is 19.1 Å². The fraction of sp³-hybridized carbons (Fsp3) is 0.440. The summed E-state index contributed by atoms with van der Waals surface area (Å²) in [5.41, 5.74) is 1.82. The van der Waals surface area contributed by atoms with Gasteiger partial charge in [-0.15, -0.1) is 0 Å². The van der Waals surface area contributed by atoms with Crippen molar-refractivity contribution in [1.29, 1.82) is 0 Å². The lowest BCUT2D eigenvalue weighted by molar-refractivity contribution is -0.124. The molecule has 0 saturated heterocycles. The van der Waals surface area contributed by atoms with Crippen LogP contribution >= 0.6 is 12.2 Å². The molecule has 0 heterocycles. The molecule has 8 heteroatoms. The maximum Gasteiger partial charge on any atom is 0.232 e. The van der Waals surface area contributed by atoms with E-state index >= 15 is 0 Å². The fourth-order valence-corrected chi connectivity index (χ4v) is 3.25. The third-order valence-electron chi connectivity index (χ3n) is 4.66. The van der Waals surface area contributed by atoms with Crippen LogP contribution in [0.15, 0.2) is 53.4 Å². The van der Waals surface area contributed by atoms with Crippen LogP contribution in [0.1, 0.15) is 44.7 Å². The molecule has 0 aromatic heterocycles. The number of sulfone groups is 1. The van der Waals surface area contributed by atoms with E-state index in [9.17, 15) is 17.6 Å². The summed E-state index contributed by atoms with van der Waals surface area (Å²) in [6.07, 6.45) is 3.84. The average Bonchev–Trinajstić information content (AvgIpc) is 3.53. The van der Waals surface area contributed by atoms with Gasteiger partial charge in [0.05, 0.1) is 15.3 Å². The molecule has 0 bridgehead atoms. The van der Waals surface area contributed by atoms with Gasteiger partial charge >= 0.3 is 0 Å². The van der Waals surface area contributed by atoms with Crippen LogP contribution in [-0.2, 0) is 14.6 Å². The van der Waals surface area contributed by atoms with Crippen LogP contribution in [0.3, 0.4) is 0 Å². The summed E-state index contributed by atoms with van der Waals surface area (Å²) < 4.78 is 34.5. The lowest BCUT2D eigenvalue weighted by Gasteiger charge is -2.19. The molecule has 1 fully saturated rings. The van der Waals surface area contributed by atoms with Gasteiger partial charge in [-0.1, -0.05) is 42.0 Å². The molecule has 0 aliphatic heterocycles. The second kappa shape index (κ2) is 12.8. The number of thiocarbonyl (C=S) groups is 1. The molecule has 1 aliphatic rings. The number of carbonyl (C=O) groups is 1. The maximum atomic E-state index is 12.5. The van der Waals surface area contributed by atoms with Gasteiger partial charge in [0.1, 0.15) is 6.67 Å². The maximum absolute atomic E-state index is 12.5. The van der Waals surface area contributed by atoms with E-state index in [0.29, 0.717) is 10.6 Å². The number of halogens is 1. The largest absolute Gasteiger partial charge is 0.377 e. The monoisotopic (exact) mass is 494 g/mol. The summed E-state index contributed by atoms with van der Waals surface area (Å²) in [5, 5.41) is 5.83.